The van der Waals surface area contributed by atoms with Crippen LogP contribution in [0, 0.1) is 29.6 Å². The molecule has 0 N–H and O–H groups in total. The van der Waals surface area contributed by atoms with Crippen molar-refractivity contribution in [1.29, 1.82) is 0 Å². The summed E-state index contributed by atoms with van der Waals surface area (Å²) in [6.07, 6.45) is 9.91. The van der Waals surface area contributed by atoms with Crippen LogP contribution in [0.4, 0.5) is 0 Å². The molecule has 0 spiro atoms. The fraction of sp³-hybridized carbons (Fsp3) is 1.00. The Morgan fingerprint density at radius 2 is 1.62 bits per heavy atom. The van der Waals surface area contributed by atoms with E-state index in [1.807, 2.05) is 0 Å². The molecule has 1 rings (SSSR count). The van der Waals surface area contributed by atoms with Crippen LogP contribution in [-0.4, -0.2) is 12.7 Å². The number of hydrogen-bond acceptors (Lipinski definition) is 1. The molecule has 21 heavy (non-hydrogen) atoms. The van der Waals surface area contributed by atoms with Crippen LogP contribution in [0.5, 0.6) is 0 Å². The summed E-state index contributed by atoms with van der Waals surface area (Å²) >= 11 is 0. The van der Waals surface area contributed by atoms with Gasteiger partial charge in [0.1, 0.15) is 0 Å². The molecule has 1 fully saturated rings. The van der Waals surface area contributed by atoms with Crippen molar-refractivity contribution in [1.82, 2.24) is 0 Å². The van der Waals surface area contributed by atoms with Crippen molar-refractivity contribution in [2.45, 2.75) is 92.6 Å². The molecule has 0 bridgehead atoms. The van der Waals surface area contributed by atoms with Gasteiger partial charge in [0.05, 0.1) is 6.10 Å². The van der Waals surface area contributed by atoms with Gasteiger partial charge in [0, 0.05) is 6.61 Å². The van der Waals surface area contributed by atoms with Crippen molar-refractivity contribution >= 4 is 0 Å². The van der Waals surface area contributed by atoms with Crippen LogP contribution in [0.3, 0.4) is 0 Å². The Morgan fingerprint density at radius 1 is 1.00 bits per heavy atom. The summed E-state index contributed by atoms with van der Waals surface area (Å²) in [7, 11) is 0. The highest BCUT2D eigenvalue weighted by Gasteiger charge is 2.32. The summed E-state index contributed by atoms with van der Waals surface area (Å²) in [5.74, 6) is 3.97. The van der Waals surface area contributed by atoms with E-state index in [1.165, 1.54) is 44.9 Å². The lowest BCUT2D eigenvalue weighted by Crippen LogP contribution is -2.35. The summed E-state index contributed by atoms with van der Waals surface area (Å²) in [6, 6.07) is 0. The molecule has 0 aliphatic heterocycles. The minimum absolute atomic E-state index is 0.514. The predicted molar refractivity (Wildman–Crippen MR) is 93.6 cm³/mol. The molecule has 126 valence electrons. The zero-order valence-electron chi connectivity index (χ0n) is 15.5. The van der Waals surface area contributed by atoms with Crippen LogP contribution >= 0.6 is 0 Å². The highest BCUT2D eigenvalue weighted by molar-refractivity contribution is 4.81. The van der Waals surface area contributed by atoms with Crippen molar-refractivity contribution in [3.8, 4) is 0 Å². The fourth-order valence-electron chi connectivity index (χ4n) is 4.17. The molecular formula is C20H40O. The van der Waals surface area contributed by atoms with Crippen LogP contribution in [-0.2, 0) is 4.74 Å². The van der Waals surface area contributed by atoms with E-state index in [0.717, 1.165) is 36.2 Å². The van der Waals surface area contributed by atoms with Gasteiger partial charge in [0.2, 0.25) is 0 Å². The maximum absolute atomic E-state index is 6.46. The van der Waals surface area contributed by atoms with Gasteiger partial charge < -0.3 is 4.74 Å². The van der Waals surface area contributed by atoms with E-state index in [-0.39, 0.29) is 0 Å². The van der Waals surface area contributed by atoms with E-state index in [9.17, 15) is 0 Å². The molecule has 0 aromatic heterocycles. The molecule has 0 aromatic rings. The third kappa shape index (κ3) is 6.30. The topological polar surface area (TPSA) is 9.23 Å². The highest BCUT2D eigenvalue weighted by Crippen LogP contribution is 2.36. The smallest absolute Gasteiger partial charge is 0.0608 e. The number of hydrogen-bond donors (Lipinski definition) is 0. The van der Waals surface area contributed by atoms with Gasteiger partial charge >= 0.3 is 0 Å². The van der Waals surface area contributed by atoms with Gasteiger partial charge in [-0.1, -0.05) is 73.6 Å². The van der Waals surface area contributed by atoms with Crippen molar-refractivity contribution in [2.24, 2.45) is 29.6 Å². The monoisotopic (exact) mass is 296 g/mol. The Labute approximate surface area is 134 Å². The first-order chi connectivity index (χ1) is 9.99. The maximum atomic E-state index is 6.46. The summed E-state index contributed by atoms with van der Waals surface area (Å²) in [5, 5.41) is 0. The SMILES string of the molecule is CCCC(CCC)C(C)COC1CC(C)CCC1C(C)C. The molecule has 4 atom stereocenters. The maximum Gasteiger partial charge on any atom is 0.0608 e. The molecule has 0 aromatic carbocycles. The molecule has 1 nitrogen and oxygen atoms in total. The van der Waals surface area contributed by atoms with Crippen LogP contribution < -0.4 is 0 Å². The Bertz CT molecular complexity index is 255. The first-order valence-electron chi connectivity index (χ1n) is 9.61. The largest absolute Gasteiger partial charge is 0.378 e. The van der Waals surface area contributed by atoms with Gasteiger partial charge in [-0.3, -0.25) is 0 Å². The van der Waals surface area contributed by atoms with Gasteiger partial charge in [-0.25, -0.2) is 0 Å². The third-order valence-corrected chi connectivity index (χ3v) is 5.66. The summed E-state index contributed by atoms with van der Waals surface area (Å²) < 4.78 is 6.46. The van der Waals surface area contributed by atoms with Crippen LogP contribution in [0.15, 0.2) is 0 Å². The van der Waals surface area contributed by atoms with Crippen molar-refractivity contribution < 1.29 is 4.74 Å². The summed E-state index contributed by atoms with van der Waals surface area (Å²) in [4.78, 5) is 0. The zero-order valence-corrected chi connectivity index (χ0v) is 15.5. The number of ether oxygens (including phenoxy) is 1. The first kappa shape index (κ1) is 19.0. The van der Waals surface area contributed by atoms with Crippen LogP contribution in [0.1, 0.15) is 86.5 Å². The molecule has 0 saturated heterocycles. The lowest BCUT2D eigenvalue weighted by molar-refractivity contribution is -0.0565. The Balaban J connectivity index is 2.49. The lowest BCUT2D eigenvalue weighted by Gasteiger charge is -2.38. The Morgan fingerprint density at radius 3 is 2.14 bits per heavy atom. The van der Waals surface area contributed by atoms with Gasteiger partial charge in [-0.2, -0.15) is 0 Å². The second-order valence-electron chi connectivity index (χ2n) is 8.01. The molecule has 0 amide bonds. The van der Waals surface area contributed by atoms with E-state index in [2.05, 4.69) is 41.5 Å². The molecule has 1 saturated carbocycles. The Kier molecular flexibility index (Phi) is 8.94. The quantitative estimate of drug-likeness (QED) is 0.484. The van der Waals surface area contributed by atoms with Gasteiger partial charge in [0.25, 0.3) is 0 Å². The highest BCUT2D eigenvalue weighted by atomic mass is 16.5. The average molecular weight is 297 g/mol. The first-order valence-corrected chi connectivity index (χ1v) is 9.61. The second kappa shape index (κ2) is 9.87. The van der Waals surface area contributed by atoms with E-state index >= 15 is 0 Å². The summed E-state index contributed by atoms with van der Waals surface area (Å²) in [6.45, 7) is 15.2. The van der Waals surface area contributed by atoms with Gasteiger partial charge in [-0.15, -0.1) is 0 Å². The normalized spacial score (nSPS) is 28.3. The van der Waals surface area contributed by atoms with E-state index in [1.54, 1.807) is 0 Å². The second-order valence-corrected chi connectivity index (χ2v) is 8.01. The Hall–Kier alpha value is -0.0400. The standard InChI is InChI=1S/C20H40O/c1-7-9-18(10-8-2)17(6)14-21-20-13-16(5)11-12-19(20)15(3)4/h15-20H,7-14H2,1-6H3. The molecule has 4 unspecified atom stereocenters. The molecule has 0 radical (unpaired) electrons. The van der Waals surface area contributed by atoms with E-state index in [4.69, 9.17) is 4.74 Å². The van der Waals surface area contributed by atoms with E-state index in [0.29, 0.717) is 6.10 Å². The average Bonchev–Trinajstić information content (AvgIpc) is 2.44. The summed E-state index contributed by atoms with van der Waals surface area (Å²) in [5.41, 5.74) is 0. The van der Waals surface area contributed by atoms with Crippen molar-refractivity contribution in [3.63, 3.8) is 0 Å². The minimum Gasteiger partial charge on any atom is -0.378 e. The van der Waals surface area contributed by atoms with Crippen molar-refractivity contribution in [3.05, 3.63) is 0 Å². The molecular weight excluding hydrogens is 256 g/mol. The molecule has 1 heteroatoms. The zero-order chi connectivity index (χ0) is 15.8. The van der Waals surface area contributed by atoms with Crippen LogP contribution in [0.25, 0.3) is 0 Å². The van der Waals surface area contributed by atoms with Crippen LogP contribution in [0.2, 0.25) is 0 Å². The van der Waals surface area contributed by atoms with Gasteiger partial charge in [0.15, 0.2) is 0 Å². The van der Waals surface area contributed by atoms with E-state index < -0.39 is 0 Å². The predicted octanol–water partition coefficient (Wildman–Crippen LogP) is 6.32. The molecule has 1 aliphatic carbocycles. The minimum atomic E-state index is 0.514. The molecule has 0 heterocycles. The van der Waals surface area contributed by atoms with Gasteiger partial charge in [-0.05, 0) is 42.4 Å². The lowest BCUT2D eigenvalue weighted by atomic mass is 9.75. The third-order valence-electron chi connectivity index (χ3n) is 5.66. The molecule has 1 aliphatic rings. The fourth-order valence-corrected chi connectivity index (χ4v) is 4.17. The van der Waals surface area contributed by atoms with Crippen molar-refractivity contribution in [2.75, 3.05) is 6.61 Å². The number of rotatable bonds is 9.